The van der Waals surface area contributed by atoms with Gasteiger partial charge in [-0.05, 0) is 0 Å². The van der Waals surface area contributed by atoms with E-state index in [1.54, 1.807) is 19.1 Å². The van der Waals surface area contributed by atoms with Crippen LogP contribution in [0.5, 0.6) is 0 Å². The fourth-order valence-electron chi connectivity index (χ4n) is 0.855. The maximum atomic E-state index is 11.2. The maximum absolute atomic E-state index is 11.2. The van der Waals surface area contributed by atoms with Gasteiger partial charge in [0.25, 0.3) is 0 Å². The van der Waals surface area contributed by atoms with Crippen molar-refractivity contribution in [2.24, 2.45) is 0 Å². The van der Waals surface area contributed by atoms with E-state index in [-0.39, 0.29) is 5.91 Å². The molecule has 0 radical (unpaired) electrons. The Morgan fingerprint density at radius 2 is 2.00 bits per heavy atom. The molecule has 6 nitrogen and oxygen atoms in total. The van der Waals surface area contributed by atoms with Crippen molar-refractivity contribution in [2.45, 2.75) is 13.0 Å². The van der Waals surface area contributed by atoms with E-state index < -0.39 is 12.0 Å². The third-order valence-corrected chi connectivity index (χ3v) is 1.47. The standard InChI is InChI=1S/C8H17N3O3/c1-6(12)10-7(8(13)14-4)5-9-11(2)3/h7,9H,5H2,1-4H3,(H,10,12). The van der Waals surface area contributed by atoms with Crippen molar-refractivity contribution in [1.29, 1.82) is 0 Å². The lowest BCUT2D eigenvalue weighted by Crippen LogP contribution is -2.49. The van der Waals surface area contributed by atoms with Gasteiger partial charge in [0.2, 0.25) is 5.91 Å². The Morgan fingerprint density at radius 1 is 1.43 bits per heavy atom. The van der Waals surface area contributed by atoms with Crippen molar-refractivity contribution < 1.29 is 14.3 Å². The number of methoxy groups -OCH3 is 1. The molecule has 1 atom stereocenters. The lowest BCUT2D eigenvalue weighted by molar-refractivity contribution is -0.144. The van der Waals surface area contributed by atoms with E-state index in [2.05, 4.69) is 15.5 Å². The van der Waals surface area contributed by atoms with Crippen molar-refractivity contribution >= 4 is 11.9 Å². The molecule has 14 heavy (non-hydrogen) atoms. The third-order valence-electron chi connectivity index (χ3n) is 1.47. The highest BCUT2D eigenvalue weighted by atomic mass is 16.5. The van der Waals surface area contributed by atoms with Crippen LogP contribution in [-0.4, -0.2) is 50.7 Å². The van der Waals surface area contributed by atoms with E-state index in [0.717, 1.165) is 0 Å². The van der Waals surface area contributed by atoms with Gasteiger partial charge in [0.1, 0.15) is 6.04 Å². The molecule has 0 saturated heterocycles. The summed E-state index contributed by atoms with van der Waals surface area (Å²) in [6.45, 7) is 1.66. The van der Waals surface area contributed by atoms with E-state index in [9.17, 15) is 9.59 Å². The zero-order valence-corrected chi connectivity index (χ0v) is 8.96. The van der Waals surface area contributed by atoms with Gasteiger partial charge in [0.05, 0.1) is 7.11 Å². The maximum Gasteiger partial charge on any atom is 0.329 e. The minimum atomic E-state index is -0.653. The number of nitrogens with one attached hydrogen (secondary N) is 2. The van der Waals surface area contributed by atoms with Gasteiger partial charge >= 0.3 is 5.97 Å². The van der Waals surface area contributed by atoms with Gasteiger partial charge in [-0.15, -0.1) is 0 Å². The van der Waals surface area contributed by atoms with Crippen LogP contribution in [0.3, 0.4) is 0 Å². The number of ether oxygens (including phenoxy) is 1. The molecule has 2 N–H and O–H groups in total. The van der Waals surface area contributed by atoms with Crippen molar-refractivity contribution in [3.8, 4) is 0 Å². The molecule has 0 aromatic heterocycles. The number of hydrogen-bond donors (Lipinski definition) is 2. The highest BCUT2D eigenvalue weighted by Crippen LogP contribution is 1.87. The molecule has 0 fully saturated rings. The highest BCUT2D eigenvalue weighted by Gasteiger charge is 2.19. The summed E-state index contributed by atoms with van der Waals surface area (Å²) in [6, 6.07) is -0.653. The first-order valence-electron chi connectivity index (χ1n) is 4.23. The molecule has 1 amide bonds. The molecule has 0 aliphatic carbocycles. The predicted octanol–water partition coefficient (Wildman–Crippen LogP) is -1.27. The summed E-state index contributed by atoms with van der Waals surface area (Å²) in [5, 5.41) is 4.18. The number of esters is 1. The second-order valence-electron chi connectivity index (χ2n) is 3.03. The molecule has 0 spiro atoms. The molecule has 0 heterocycles. The van der Waals surface area contributed by atoms with Crippen LogP contribution in [0.25, 0.3) is 0 Å². The van der Waals surface area contributed by atoms with Gasteiger partial charge in [-0.3, -0.25) is 15.2 Å². The van der Waals surface area contributed by atoms with Crippen LogP contribution in [0.2, 0.25) is 0 Å². The Labute approximate surface area is 83.6 Å². The Kier molecular flexibility index (Phi) is 5.82. The fraction of sp³-hybridized carbons (Fsp3) is 0.750. The Balaban J connectivity index is 4.10. The normalized spacial score (nSPS) is 12.4. The first-order valence-corrected chi connectivity index (χ1v) is 4.23. The van der Waals surface area contributed by atoms with Crippen LogP contribution in [0, 0.1) is 0 Å². The molecule has 0 rings (SSSR count). The van der Waals surface area contributed by atoms with E-state index >= 15 is 0 Å². The van der Waals surface area contributed by atoms with E-state index in [1.165, 1.54) is 14.0 Å². The summed E-state index contributed by atoms with van der Waals surface area (Å²) < 4.78 is 4.53. The average molecular weight is 203 g/mol. The minimum absolute atomic E-state index is 0.263. The predicted molar refractivity (Wildman–Crippen MR) is 51.3 cm³/mol. The smallest absolute Gasteiger partial charge is 0.329 e. The minimum Gasteiger partial charge on any atom is -0.467 e. The van der Waals surface area contributed by atoms with Crippen LogP contribution < -0.4 is 10.7 Å². The number of hydrogen-bond acceptors (Lipinski definition) is 5. The highest BCUT2D eigenvalue weighted by molar-refractivity contribution is 5.83. The van der Waals surface area contributed by atoms with E-state index in [0.29, 0.717) is 6.54 Å². The third kappa shape index (κ3) is 5.50. The molecule has 0 aliphatic rings. The molecule has 82 valence electrons. The number of amides is 1. The number of nitrogens with zero attached hydrogens (tertiary/aromatic N) is 1. The van der Waals surface area contributed by atoms with Crippen LogP contribution in [-0.2, 0) is 14.3 Å². The summed E-state index contributed by atoms with van der Waals surface area (Å²) in [5.74, 6) is -0.726. The topological polar surface area (TPSA) is 70.7 Å². The van der Waals surface area contributed by atoms with Crippen LogP contribution in [0.4, 0.5) is 0 Å². The summed E-state index contributed by atoms with van der Waals surface area (Å²) >= 11 is 0. The van der Waals surface area contributed by atoms with Crippen LogP contribution >= 0.6 is 0 Å². The Bertz CT molecular complexity index is 206. The molecular formula is C8H17N3O3. The van der Waals surface area contributed by atoms with Gasteiger partial charge < -0.3 is 10.1 Å². The zero-order valence-electron chi connectivity index (χ0n) is 8.96. The van der Waals surface area contributed by atoms with Crippen molar-refractivity contribution in [3.63, 3.8) is 0 Å². The van der Waals surface area contributed by atoms with Crippen molar-refractivity contribution in [1.82, 2.24) is 15.8 Å². The Hall–Kier alpha value is -1.14. The van der Waals surface area contributed by atoms with Gasteiger partial charge in [0, 0.05) is 27.6 Å². The molecule has 0 aromatic rings. The monoisotopic (exact) mass is 203 g/mol. The van der Waals surface area contributed by atoms with Crippen molar-refractivity contribution in [3.05, 3.63) is 0 Å². The van der Waals surface area contributed by atoms with E-state index in [1.807, 2.05) is 0 Å². The van der Waals surface area contributed by atoms with Gasteiger partial charge in [-0.2, -0.15) is 0 Å². The lowest BCUT2D eigenvalue weighted by Gasteiger charge is -2.18. The molecule has 0 aromatic carbocycles. The van der Waals surface area contributed by atoms with Gasteiger partial charge in [-0.1, -0.05) is 0 Å². The second kappa shape index (κ2) is 6.33. The summed E-state index contributed by atoms with van der Waals surface area (Å²) in [7, 11) is 4.87. The first-order chi connectivity index (χ1) is 6.47. The summed E-state index contributed by atoms with van der Waals surface area (Å²) in [4.78, 5) is 21.9. The molecule has 1 unspecified atom stereocenters. The Morgan fingerprint density at radius 3 is 2.36 bits per heavy atom. The number of hydrazine groups is 1. The SMILES string of the molecule is COC(=O)C(CNN(C)C)NC(C)=O. The lowest BCUT2D eigenvalue weighted by atomic mass is 10.3. The van der Waals surface area contributed by atoms with Crippen LogP contribution in [0.15, 0.2) is 0 Å². The molecular weight excluding hydrogens is 186 g/mol. The molecule has 6 heteroatoms. The number of rotatable bonds is 5. The second-order valence-corrected chi connectivity index (χ2v) is 3.03. The summed E-state index contributed by atoms with van der Waals surface area (Å²) in [5.41, 5.74) is 2.88. The molecule has 0 bridgehead atoms. The zero-order chi connectivity index (χ0) is 11.1. The quantitative estimate of drug-likeness (QED) is 0.430. The number of carbonyl (C=O) groups excluding carboxylic acids is 2. The van der Waals surface area contributed by atoms with Gasteiger partial charge in [0.15, 0.2) is 0 Å². The first kappa shape index (κ1) is 12.9. The average Bonchev–Trinajstić information content (AvgIpc) is 2.10. The van der Waals surface area contributed by atoms with Crippen molar-refractivity contribution in [2.75, 3.05) is 27.7 Å². The van der Waals surface area contributed by atoms with E-state index in [4.69, 9.17) is 0 Å². The molecule has 0 saturated carbocycles. The fourth-order valence-corrected chi connectivity index (χ4v) is 0.855. The summed E-state index contributed by atoms with van der Waals surface area (Å²) in [6.07, 6.45) is 0. The van der Waals surface area contributed by atoms with Gasteiger partial charge in [-0.25, -0.2) is 4.79 Å². The van der Waals surface area contributed by atoms with Crippen LogP contribution in [0.1, 0.15) is 6.92 Å². The largest absolute Gasteiger partial charge is 0.467 e. The number of carbonyl (C=O) groups is 2. The molecule has 0 aliphatic heterocycles.